The van der Waals surface area contributed by atoms with Crippen LogP contribution >= 0.6 is 0 Å². The van der Waals surface area contributed by atoms with Crippen molar-refractivity contribution in [3.63, 3.8) is 0 Å². The number of carbonyl (C=O) groups excluding carboxylic acids is 2. The molecule has 0 radical (unpaired) electrons. The number of azo groups is 1. The average Bonchev–Trinajstić information content (AvgIpc) is 3.13. The summed E-state index contributed by atoms with van der Waals surface area (Å²) in [5, 5.41) is 27.9. The Hall–Kier alpha value is -3.89. The Bertz CT molecular complexity index is 2910. The van der Waals surface area contributed by atoms with Gasteiger partial charge < -0.3 is 29.8 Å². The van der Waals surface area contributed by atoms with Crippen molar-refractivity contribution in [1.82, 2.24) is 0 Å². The second-order valence-corrected chi connectivity index (χ2v) is 15.7. The molecule has 0 fully saturated rings. The van der Waals surface area contributed by atoms with Gasteiger partial charge in [0.1, 0.15) is 53.2 Å². The molecule has 2 aliphatic rings. The summed E-state index contributed by atoms with van der Waals surface area (Å²) in [5.74, 6) is -2.02. The van der Waals surface area contributed by atoms with Gasteiger partial charge in [-0.2, -0.15) is 15.3 Å². The average molecular weight is 901 g/mol. The second-order valence-electron chi connectivity index (χ2n) is 11.7. The van der Waals surface area contributed by atoms with Gasteiger partial charge >= 0.3 is 88.7 Å². The molecule has 0 heterocycles. The Morgan fingerprint density at radius 2 is 1.25 bits per heavy atom. The summed E-state index contributed by atoms with van der Waals surface area (Å²) in [7, 11) is -16.2. The number of nitrogens with two attached hydrogens (primary N) is 1. The first-order valence-electron chi connectivity index (χ1n) is 15.7. The van der Waals surface area contributed by atoms with Crippen molar-refractivity contribution in [2.75, 3.05) is 21.9 Å². The normalized spacial score (nSPS) is 15.2. The quantitative estimate of drug-likeness (QED) is 0.0235. The van der Waals surface area contributed by atoms with Gasteiger partial charge in [-0.3, -0.25) is 20.4 Å². The van der Waals surface area contributed by atoms with Crippen LogP contribution in [0.3, 0.4) is 0 Å². The summed E-state index contributed by atoms with van der Waals surface area (Å²) in [6, 6.07) is 17.5. The molecule has 2 aliphatic carbocycles. The maximum absolute atomic E-state index is 13.6. The third-order valence-electron chi connectivity index (χ3n) is 7.82. The van der Waals surface area contributed by atoms with E-state index in [2.05, 4.69) is 36.6 Å². The van der Waals surface area contributed by atoms with E-state index in [0.717, 1.165) is 24.3 Å². The molecule has 0 saturated carbocycles. The minimum absolute atomic E-state index is 0. The van der Waals surface area contributed by atoms with Crippen molar-refractivity contribution in [1.29, 1.82) is 0 Å². The summed E-state index contributed by atoms with van der Waals surface area (Å²) in [6.07, 6.45) is 4.12. The van der Waals surface area contributed by atoms with Crippen LogP contribution in [0.5, 0.6) is 0 Å². The van der Waals surface area contributed by atoms with E-state index in [1.165, 1.54) is 48.6 Å². The largest absolute Gasteiger partial charge is 1.00 e. The van der Waals surface area contributed by atoms with Gasteiger partial charge in [-0.1, -0.05) is 18.2 Å². The number of aliphatic hydroxyl groups excluding tert-OH is 1. The number of rotatable bonds is 11. The van der Waals surface area contributed by atoms with Gasteiger partial charge in [-0.05, 0) is 84.5 Å². The van der Waals surface area contributed by atoms with Gasteiger partial charge in [0.05, 0.1) is 48.7 Å². The molecule has 0 bridgehead atoms. The maximum atomic E-state index is 13.6. The van der Waals surface area contributed by atoms with Crippen LogP contribution in [0.15, 0.2) is 138 Å². The molecule has 292 valence electrons. The van der Waals surface area contributed by atoms with E-state index in [1.807, 2.05) is 0 Å². The standard InChI is InChI=1S/C34H26N8O12S3.3Na/c35-31-30-18(15-29(57(52,53)54)33(34(30)45)42-38-20-4-2-1-3-5-20)14-28(56(49,50)51)32(31)41-39-22-10-12-25(27(16-22)55(46,47)48)36-19-6-8-21(9-7-19)37-40-24-13-11-23(43)17-26(24)44;;;/h1-17,36-38,44H,35H2,(H,46,47,48)(H,49,50,51)(H,52,53,54);;;/q;3*+1/p-3/b40-24-,41-39?,42-33+;;;. The minimum atomic E-state index is -5.50. The van der Waals surface area contributed by atoms with Crippen LogP contribution in [-0.4, -0.2) is 67.0 Å². The zero-order valence-corrected chi connectivity index (χ0v) is 39.8. The Labute approximate surface area is 408 Å². The molecular weight excluding hydrogens is 878 g/mol. The molecule has 0 unspecified atom stereocenters. The number of carbonyl (C=O) groups is 2. The second kappa shape index (κ2) is 20.3. The Balaban J connectivity index is 0.00000320. The molecule has 0 aliphatic heterocycles. The Kier molecular flexibility index (Phi) is 17.1. The predicted octanol–water partition coefficient (Wildman–Crippen LogP) is -4.85. The van der Waals surface area contributed by atoms with Crippen LogP contribution in [0.4, 0.5) is 39.8 Å². The molecule has 60 heavy (non-hydrogen) atoms. The molecule has 0 amide bonds. The van der Waals surface area contributed by atoms with Crippen molar-refractivity contribution in [3.05, 3.63) is 119 Å². The third-order valence-corrected chi connectivity index (χ3v) is 10.4. The van der Waals surface area contributed by atoms with Crippen LogP contribution in [0.1, 0.15) is 15.9 Å². The molecular formula is C34H23N8Na3O12S3. The van der Waals surface area contributed by atoms with Gasteiger partial charge in [-0.15, -0.1) is 5.11 Å². The minimum Gasteiger partial charge on any atom is -0.744 e. The van der Waals surface area contributed by atoms with Crippen LogP contribution in [0.2, 0.25) is 0 Å². The number of fused-ring (bicyclic) bond motifs is 1. The number of para-hydroxylation sites is 1. The van der Waals surface area contributed by atoms with E-state index < -0.39 is 84.8 Å². The predicted molar refractivity (Wildman–Crippen MR) is 203 cm³/mol. The topological polar surface area (TPSA) is 338 Å². The van der Waals surface area contributed by atoms with Gasteiger partial charge in [0, 0.05) is 11.8 Å². The molecule has 0 saturated heterocycles. The molecule has 6 rings (SSSR count). The fourth-order valence-electron chi connectivity index (χ4n) is 5.22. The number of nitrogens with one attached hydrogen (secondary N) is 3. The molecule has 4 aromatic rings. The summed E-state index contributed by atoms with van der Waals surface area (Å²) in [5.41, 5.74) is 8.03. The zero-order valence-electron chi connectivity index (χ0n) is 31.3. The van der Waals surface area contributed by atoms with Crippen molar-refractivity contribution in [2.45, 2.75) is 9.79 Å². The Morgan fingerprint density at radius 3 is 1.85 bits per heavy atom. The van der Waals surface area contributed by atoms with Crippen molar-refractivity contribution in [3.8, 4) is 0 Å². The number of nitrogen functional groups attached to an aromatic ring is 1. The first-order chi connectivity index (χ1) is 26.8. The van der Waals surface area contributed by atoms with E-state index in [4.69, 9.17) is 5.73 Å². The van der Waals surface area contributed by atoms with E-state index in [1.54, 1.807) is 18.2 Å². The monoisotopic (exact) mass is 900 g/mol. The van der Waals surface area contributed by atoms with Crippen molar-refractivity contribution in [2.24, 2.45) is 20.4 Å². The number of ketones is 2. The summed E-state index contributed by atoms with van der Waals surface area (Å²) in [6.45, 7) is 0. The number of hydrazone groups is 2. The number of aliphatic hydroxyl groups is 1. The van der Waals surface area contributed by atoms with Gasteiger partial charge in [0.2, 0.25) is 5.78 Å². The molecule has 0 aromatic heterocycles. The number of hydrogen-bond acceptors (Lipinski definition) is 20. The van der Waals surface area contributed by atoms with Crippen molar-refractivity contribution >= 4 is 99.2 Å². The molecule has 26 heteroatoms. The number of benzene rings is 4. The summed E-state index contributed by atoms with van der Waals surface area (Å²) < 4.78 is 110. The molecule has 0 atom stereocenters. The van der Waals surface area contributed by atoms with E-state index >= 15 is 0 Å². The summed E-state index contributed by atoms with van der Waals surface area (Å²) in [4.78, 5) is 21.8. The first-order valence-corrected chi connectivity index (χ1v) is 19.9. The van der Waals surface area contributed by atoms with Gasteiger partial charge in [-0.25, -0.2) is 25.3 Å². The zero-order chi connectivity index (χ0) is 41.3. The Morgan fingerprint density at radius 1 is 0.650 bits per heavy atom. The molecule has 0 spiro atoms. The molecule has 20 nitrogen and oxygen atoms in total. The molecule has 6 N–H and O–H groups in total. The fourth-order valence-corrected chi connectivity index (χ4v) is 7.17. The summed E-state index contributed by atoms with van der Waals surface area (Å²) >= 11 is 0. The number of allylic oxidation sites excluding steroid dienone is 4. The fraction of sp³-hybridized carbons (Fsp3) is 0. The van der Waals surface area contributed by atoms with Crippen LogP contribution in [0.25, 0.3) is 6.08 Å². The number of nitrogens with zero attached hydrogens (tertiary/aromatic N) is 4. The smallest absolute Gasteiger partial charge is 0.744 e. The van der Waals surface area contributed by atoms with Crippen molar-refractivity contribution < 1.29 is 142 Å². The van der Waals surface area contributed by atoms with Crippen LogP contribution in [0, 0.1) is 0 Å². The number of Topliss-reactive ketones (excluding diaryl/α,β-unsaturated/α-hetero) is 1. The first kappa shape index (κ1) is 50.5. The number of hydrogen-bond donors (Lipinski definition) is 5. The van der Waals surface area contributed by atoms with Crippen LogP contribution in [-0.2, 0) is 35.1 Å². The van der Waals surface area contributed by atoms with E-state index in [9.17, 15) is 53.6 Å². The maximum Gasteiger partial charge on any atom is 1.00 e. The van der Waals surface area contributed by atoms with E-state index in [0.29, 0.717) is 23.5 Å². The number of anilines is 5. The SMILES string of the molecule is Nc1c(N=Nc2ccc(Nc3ccc(N/N=C4/C=CC(=O)C=C4O)cc3)c(S(=O)(=O)[O-])c2)c(S(=O)(=O)[O-])cc2c1C(=O)/C(=N/Nc1ccccc1)C(S(=O)(=O)[O-])=C2.[Na+].[Na+].[Na+]. The van der Waals surface area contributed by atoms with Gasteiger partial charge in [0.15, 0.2) is 5.78 Å². The third kappa shape index (κ3) is 11.9. The van der Waals surface area contributed by atoms with E-state index in [-0.39, 0.29) is 117 Å². The van der Waals surface area contributed by atoms with Crippen LogP contribution < -0.4 is 111 Å². The molecule has 4 aromatic carbocycles. The van der Waals surface area contributed by atoms with Gasteiger partial charge in [0.25, 0.3) is 0 Å².